The van der Waals surface area contributed by atoms with Gasteiger partial charge in [-0.05, 0) is 18.2 Å². The molecule has 0 saturated heterocycles. The van der Waals surface area contributed by atoms with Gasteiger partial charge in [0.1, 0.15) is 0 Å². The van der Waals surface area contributed by atoms with Crippen molar-refractivity contribution in [3.05, 3.63) is 52.4 Å². The van der Waals surface area contributed by atoms with Crippen LogP contribution in [0.25, 0.3) is 5.69 Å². The second-order valence-corrected chi connectivity index (χ2v) is 2.80. The summed E-state index contributed by atoms with van der Waals surface area (Å²) in [6.45, 7) is 0. The maximum absolute atomic E-state index is 11.3. The first-order chi connectivity index (χ1) is 6.81. The fourth-order valence-electron chi connectivity index (χ4n) is 1.24. The normalized spacial score (nSPS) is 9.64. The lowest BCUT2D eigenvalue weighted by atomic mass is 10.2. The largest absolute Gasteiger partial charge is 0.298 e. The summed E-state index contributed by atoms with van der Waals surface area (Å²) < 4.78 is 1.38. The molecule has 0 fully saturated rings. The van der Waals surface area contributed by atoms with Crippen molar-refractivity contribution in [3.8, 4) is 11.8 Å². The highest BCUT2D eigenvalue weighted by molar-refractivity contribution is 5.40. The monoisotopic (exact) mass is 185 g/mol. The van der Waals surface area contributed by atoms with Gasteiger partial charge in [-0.15, -0.1) is 0 Å². The molecule has 0 atom stereocenters. The zero-order chi connectivity index (χ0) is 9.97. The van der Waals surface area contributed by atoms with Gasteiger partial charge in [-0.2, -0.15) is 5.26 Å². The van der Waals surface area contributed by atoms with Crippen LogP contribution < -0.4 is 5.56 Å². The maximum Gasteiger partial charge on any atom is 0.271 e. The third-order valence-corrected chi connectivity index (χ3v) is 1.88. The summed E-state index contributed by atoms with van der Waals surface area (Å²) >= 11 is 0. The molecule has 0 aliphatic heterocycles. The van der Waals surface area contributed by atoms with E-state index < -0.39 is 0 Å². The van der Waals surface area contributed by atoms with Gasteiger partial charge in [0.25, 0.3) is 5.56 Å². The number of H-pyrrole nitrogens is 1. The van der Waals surface area contributed by atoms with Crippen molar-refractivity contribution < 1.29 is 0 Å². The molecule has 1 aromatic heterocycles. The highest BCUT2D eigenvalue weighted by atomic mass is 16.1. The summed E-state index contributed by atoms with van der Waals surface area (Å²) in [7, 11) is 0. The van der Waals surface area contributed by atoms with Crippen LogP contribution in [0.4, 0.5) is 0 Å². The van der Waals surface area contributed by atoms with Crippen LogP contribution in [0.5, 0.6) is 0 Å². The minimum atomic E-state index is -0.139. The van der Waals surface area contributed by atoms with E-state index >= 15 is 0 Å². The van der Waals surface area contributed by atoms with E-state index in [4.69, 9.17) is 5.26 Å². The third-order valence-electron chi connectivity index (χ3n) is 1.88. The smallest absolute Gasteiger partial charge is 0.271 e. The van der Waals surface area contributed by atoms with Gasteiger partial charge in [0.05, 0.1) is 17.3 Å². The summed E-state index contributed by atoms with van der Waals surface area (Å²) in [5.74, 6) is 0. The fraction of sp³-hybridized carbons (Fsp3) is 0. The number of hydrogen-bond donors (Lipinski definition) is 1. The molecule has 0 aliphatic rings. The Morgan fingerprint density at radius 1 is 1.36 bits per heavy atom. The van der Waals surface area contributed by atoms with Crippen LogP contribution in [0.3, 0.4) is 0 Å². The van der Waals surface area contributed by atoms with Crippen LogP contribution >= 0.6 is 0 Å². The molecule has 0 unspecified atom stereocenters. The molecule has 1 N–H and O–H groups in total. The summed E-state index contributed by atoms with van der Waals surface area (Å²) in [6.07, 6.45) is 1.56. The molecule has 0 spiro atoms. The van der Waals surface area contributed by atoms with E-state index in [2.05, 4.69) is 5.10 Å². The highest BCUT2D eigenvalue weighted by Crippen LogP contribution is 2.06. The van der Waals surface area contributed by atoms with Crippen molar-refractivity contribution in [1.82, 2.24) is 9.78 Å². The molecular formula is C10H7N3O. The molecule has 0 aliphatic carbocycles. The fourth-order valence-corrected chi connectivity index (χ4v) is 1.24. The van der Waals surface area contributed by atoms with Crippen LogP contribution in [0.15, 0.2) is 41.3 Å². The van der Waals surface area contributed by atoms with Crippen molar-refractivity contribution in [2.75, 3.05) is 0 Å². The maximum atomic E-state index is 11.3. The van der Waals surface area contributed by atoms with E-state index in [0.29, 0.717) is 11.3 Å². The predicted molar refractivity (Wildman–Crippen MR) is 51.1 cm³/mol. The van der Waals surface area contributed by atoms with Crippen LogP contribution in [0, 0.1) is 11.3 Å². The van der Waals surface area contributed by atoms with E-state index in [9.17, 15) is 4.79 Å². The molecule has 0 saturated carbocycles. The second kappa shape index (κ2) is 3.23. The van der Waals surface area contributed by atoms with Crippen LogP contribution in [-0.4, -0.2) is 9.78 Å². The lowest BCUT2D eigenvalue weighted by Gasteiger charge is -2.00. The molecule has 1 aromatic carbocycles. The number of nitrogens with one attached hydrogen (secondary N) is 1. The first-order valence-corrected chi connectivity index (χ1v) is 4.08. The number of rotatable bonds is 1. The molecule has 4 nitrogen and oxygen atoms in total. The Labute approximate surface area is 80.0 Å². The molecule has 1 heterocycles. The van der Waals surface area contributed by atoms with Gasteiger partial charge in [-0.3, -0.25) is 9.89 Å². The first-order valence-electron chi connectivity index (χ1n) is 4.08. The average molecular weight is 185 g/mol. The number of benzene rings is 1. The van der Waals surface area contributed by atoms with E-state index in [1.165, 1.54) is 10.7 Å². The Hall–Kier alpha value is -2.28. The number of nitriles is 1. The van der Waals surface area contributed by atoms with Gasteiger partial charge in [-0.1, -0.05) is 6.07 Å². The summed E-state index contributed by atoms with van der Waals surface area (Å²) in [5.41, 5.74) is 1.06. The van der Waals surface area contributed by atoms with E-state index in [1.54, 1.807) is 30.5 Å². The van der Waals surface area contributed by atoms with Crippen LogP contribution in [0.1, 0.15) is 5.56 Å². The Kier molecular flexibility index (Phi) is 1.92. The lowest BCUT2D eigenvalue weighted by molar-refractivity contribution is 0.849. The zero-order valence-corrected chi connectivity index (χ0v) is 7.27. The quantitative estimate of drug-likeness (QED) is 0.721. The minimum Gasteiger partial charge on any atom is -0.298 e. The number of aromatic amines is 1. The van der Waals surface area contributed by atoms with Gasteiger partial charge >= 0.3 is 0 Å². The Morgan fingerprint density at radius 3 is 2.86 bits per heavy atom. The predicted octanol–water partition coefficient (Wildman–Crippen LogP) is 1.04. The van der Waals surface area contributed by atoms with E-state index in [0.717, 1.165) is 0 Å². The molecule has 68 valence electrons. The van der Waals surface area contributed by atoms with Gasteiger partial charge in [-0.25, -0.2) is 4.68 Å². The molecule has 2 aromatic rings. The standard InChI is InChI=1S/C10H7N3O/c11-7-8-2-1-3-9(6-8)13-10(14)4-5-12-13/h1-6,12H. The van der Waals surface area contributed by atoms with Gasteiger partial charge in [0, 0.05) is 12.3 Å². The molecule has 0 radical (unpaired) electrons. The lowest BCUT2D eigenvalue weighted by Crippen LogP contribution is -2.13. The zero-order valence-electron chi connectivity index (χ0n) is 7.27. The van der Waals surface area contributed by atoms with Crippen LogP contribution in [0.2, 0.25) is 0 Å². The summed E-state index contributed by atoms with van der Waals surface area (Å²) in [4.78, 5) is 11.3. The number of nitrogens with zero attached hydrogens (tertiary/aromatic N) is 2. The van der Waals surface area contributed by atoms with E-state index in [1.807, 2.05) is 6.07 Å². The molecule has 4 heteroatoms. The summed E-state index contributed by atoms with van der Waals surface area (Å²) in [6, 6.07) is 10.3. The molecule has 0 amide bonds. The Morgan fingerprint density at radius 2 is 2.21 bits per heavy atom. The number of hydrogen-bond acceptors (Lipinski definition) is 2. The average Bonchev–Trinajstić information content (AvgIpc) is 2.65. The van der Waals surface area contributed by atoms with Crippen molar-refractivity contribution in [2.45, 2.75) is 0 Å². The van der Waals surface area contributed by atoms with Gasteiger partial charge in [0.15, 0.2) is 0 Å². The SMILES string of the molecule is N#Cc1cccc(-n2[nH]ccc2=O)c1. The number of aromatic nitrogens is 2. The van der Waals surface area contributed by atoms with Crippen molar-refractivity contribution in [1.29, 1.82) is 5.26 Å². The first kappa shape index (κ1) is 8.32. The van der Waals surface area contributed by atoms with Crippen molar-refractivity contribution in [2.24, 2.45) is 0 Å². The Balaban J connectivity index is 2.59. The summed E-state index contributed by atoms with van der Waals surface area (Å²) in [5, 5.41) is 11.4. The minimum absolute atomic E-state index is 0.139. The Bertz CT molecular complexity index is 545. The molecule has 2 rings (SSSR count). The molecule has 14 heavy (non-hydrogen) atoms. The molecule has 0 bridgehead atoms. The molecular weight excluding hydrogens is 178 g/mol. The second-order valence-electron chi connectivity index (χ2n) is 2.80. The van der Waals surface area contributed by atoms with Crippen molar-refractivity contribution >= 4 is 0 Å². The highest BCUT2D eigenvalue weighted by Gasteiger charge is 1.99. The van der Waals surface area contributed by atoms with Crippen LogP contribution in [-0.2, 0) is 0 Å². The van der Waals surface area contributed by atoms with E-state index in [-0.39, 0.29) is 5.56 Å². The van der Waals surface area contributed by atoms with Crippen molar-refractivity contribution in [3.63, 3.8) is 0 Å². The van der Waals surface area contributed by atoms with Gasteiger partial charge < -0.3 is 0 Å². The van der Waals surface area contributed by atoms with Gasteiger partial charge in [0.2, 0.25) is 0 Å². The topological polar surface area (TPSA) is 61.6 Å². The third kappa shape index (κ3) is 1.31.